The van der Waals surface area contributed by atoms with Gasteiger partial charge in [-0.05, 0) is 37.5 Å². The van der Waals surface area contributed by atoms with Crippen LogP contribution < -0.4 is 5.73 Å². The van der Waals surface area contributed by atoms with Crippen LogP contribution in [0.4, 0.5) is 0 Å². The van der Waals surface area contributed by atoms with Crippen LogP contribution in [0.15, 0.2) is 0 Å². The summed E-state index contributed by atoms with van der Waals surface area (Å²) in [6.45, 7) is 0. The Hall–Kier alpha value is -1.10. The van der Waals surface area contributed by atoms with E-state index in [0.717, 1.165) is 19.3 Å². The molecule has 0 radical (unpaired) electrons. The molecular formula is C11H17NO4. The van der Waals surface area contributed by atoms with Gasteiger partial charge in [0.15, 0.2) is 0 Å². The fourth-order valence-electron chi connectivity index (χ4n) is 3.38. The van der Waals surface area contributed by atoms with E-state index in [1.54, 1.807) is 0 Å². The van der Waals surface area contributed by atoms with Crippen LogP contribution in [0.3, 0.4) is 0 Å². The van der Waals surface area contributed by atoms with Gasteiger partial charge in [0, 0.05) is 0 Å². The van der Waals surface area contributed by atoms with Crippen LogP contribution in [0, 0.1) is 17.8 Å². The molecule has 2 aliphatic rings. The Morgan fingerprint density at radius 3 is 2.00 bits per heavy atom. The third kappa shape index (κ3) is 1.50. The molecule has 2 unspecified atom stereocenters. The minimum absolute atomic E-state index is 0.182. The molecule has 0 aromatic rings. The number of aliphatic carboxylic acids is 2. The number of fused-ring (bicyclic) bond motifs is 2. The van der Waals surface area contributed by atoms with Crippen LogP contribution >= 0.6 is 0 Å². The van der Waals surface area contributed by atoms with E-state index in [9.17, 15) is 14.7 Å². The lowest BCUT2D eigenvalue weighted by molar-refractivity contribution is -0.159. The summed E-state index contributed by atoms with van der Waals surface area (Å²) >= 11 is 0. The third-order valence-corrected chi connectivity index (χ3v) is 4.31. The number of nitrogens with two attached hydrogens (primary N) is 1. The quantitative estimate of drug-likeness (QED) is 0.644. The first-order valence-electron chi connectivity index (χ1n) is 5.71. The summed E-state index contributed by atoms with van der Waals surface area (Å²) in [4.78, 5) is 22.3. The van der Waals surface area contributed by atoms with Crippen LogP contribution in [-0.2, 0) is 9.59 Å². The highest BCUT2D eigenvalue weighted by atomic mass is 16.4. The zero-order valence-electron chi connectivity index (χ0n) is 9.06. The summed E-state index contributed by atoms with van der Waals surface area (Å²) in [5, 5.41) is 18.3. The monoisotopic (exact) mass is 227 g/mol. The maximum absolute atomic E-state index is 11.3. The maximum Gasteiger partial charge on any atom is 0.324 e. The first-order valence-corrected chi connectivity index (χ1v) is 5.71. The molecule has 2 aliphatic carbocycles. The lowest BCUT2D eigenvalue weighted by Crippen LogP contribution is -2.64. The Labute approximate surface area is 93.6 Å². The van der Waals surface area contributed by atoms with Crippen LogP contribution in [-0.4, -0.2) is 27.7 Å². The van der Waals surface area contributed by atoms with Gasteiger partial charge in [-0.1, -0.05) is 6.42 Å². The second-order valence-corrected chi connectivity index (χ2v) is 5.07. The van der Waals surface area contributed by atoms with E-state index in [1.807, 2.05) is 0 Å². The Balaban J connectivity index is 2.26. The number of carboxylic acids is 2. The first-order chi connectivity index (χ1) is 7.46. The van der Waals surface area contributed by atoms with Gasteiger partial charge in [0.25, 0.3) is 0 Å². The van der Waals surface area contributed by atoms with Crippen molar-refractivity contribution in [1.82, 2.24) is 0 Å². The van der Waals surface area contributed by atoms with Crippen molar-refractivity contribution in [3.05, 3.63) is 0 Å². The van der Waals surface area contributed by atoms with Crippen LogP contribution in [0.1, 0.15) is 32.1 Å². The van der Waals surface area contributed by atoms with Crippen molar-refractivity contribution in [2.24, 2.45) is 23.5 Å². The average molecular weight is 227 g/mol. The first kappa shape index (κ1) is 11.4. The third-order valence-electron chi connectivity index (χ3n) is 4.31. The van der Waals surface area contributed by atoms with Crippen molar-refractivity contribution >= 4 is 11.9 Å². The highest BCUT2D eigenvalue weighted by molar-refractivity contribution is 5.81. The van der Waals surface area contributed by atoms with E-state index in [2.05, 4.69) is 0 Å². The van der Waals surface area contributed by atoms with Crippen molar-refractivity contribution in [3.8, 4) is 0 Å². The Kier molecular flexibility index (Phi) is 2.66. The molecule has 2 rings (SSSR count). The van der Waals surface area contributed by atoms with E-state index < -0.39 is 23.4 Å². The molecule has 90 valence electrons. The molecule has 0 aromatic carbocycles. The predicted octanol–water partition coefficient (Wildman–Crippen LogP) is 0.679. The molecule has 5 nitrogen and oxygen atoms in total. The fraction of sp³-hybridized carbons (Fsp3) is 0.818. The van der Waals surface area contributed by atoms with Crippen LogP contribution in [0.2, 0.25) is 0 Å². The second-order valence-electron chi connectivity index (χ2n) is 5.07. The summed E-state index contributed by atoms with van der Waals surface area (Å²) < 4.78 is 0. The summed E-state index contributed by atoms with van der Waals surface area (Å²) in [6.07, 6.45) is 3.27. The van der Waals surface area contributed by atoms with Gasteiger partial charge in [-0.2, -0.15) is 0 Å². The van der Waals surface area contributed by atoms with E-state index in [0.29, 0.717) is 12.8 Å². The summed E-state index contributed by atoms with van der Waals surface area (Å²) in [5.74, 6) is -2.56. The van der Waals surface area contributed by atoms with Gasteiger partial charge in [0.2, 0.25) is 0 Å². The lowest BCUT2D eigenvalue weighted by atomic mass is 9.57. The van der Waals surface area contributed by atoms with E-state index >= 15 is 0 Å². The summed E-state index contributed by atoms with van der Waals surface area (Å²) in [7, 11) is 0. The van der Waals surface area contributed by atoms with Gasteiger partial charge in [-0.3, -0.25) is 9.59 Å². The molecule has 5 heteroatoms. The minimum Gasteiger partial charge on any atom is -0.481 e. The zero-order chi connectivity index (χ0) is 11.9. The lowest BCUT2D eigenvalue weighted by Gasteiger charge is -2.49. The number of hydrogen-bond acceptors (Lipinski definition) is 3. The number of hydrogen-bond donors (Lipinski definition) is 3. The largest absolute Gasteiger partial charge is 0.481 e. The Morgan fingerprint density at radius 1 is 1.12 bits per heavy atom. The van der Waals surface area contributed by atoms with Crippen molar-refractivity contribution in [2.45, 2.75) is 37.6 Å². The molecule has 2 bridgehead atoms. The summed E-state index contributed by atoms with van der Waals surface area (Å²) in [5.41, 5.74) is 4.83. The van der Waals surface area contributed by atoms with Crippen molar-refractivity contribution < 1.29 is 19.8 Å². The van der Waals surface area contributed by atoms with Gasteiger partial charge in [-0.25, -0.2) is 0 Å². The van der Waals surface area contributed by atoms with E-state index in [1.165, 1.54) is 0 Å². The van der Waals surface area contributed by atoms with Gasteiger partial charge >= 0.3 is 11.9 Å². The Bertz CT molecular complexity index is 314. The Morgan fingerprint density at radius 2 is 1.62 bits per heavy atom. The smallest absolute Gasteiger partial charge is 0.324 e. The molecule has 0 aliphatic heterocycles. The number of carboxylic acid groups (broad SMARTS) is 2. The highest BCUT2D eigenvalue weighted by Crippen LogP contribution is 2.48. The molecular weight excluding hydrogens is 210 g/mol. The zero-order valence-corrected chi connectivity index (χ0v) is 9.06. The molecule has 0 aromatic heterocycles. The van der Waals surface area contributed by atoms with Crippen molar-refractivity contribution in [1.29, 1.82) is 0 Å². The van der Waals surface area contributed by atoms with Gasteiger partial charge in [0.1, 0.15) is 5.54 Å². The molecule has 4 atom stereocenters. The second kappa shape index (κ2) is 3.73. The molecule has 2 saturated carbocycles. The number of carbonyl (C=O) groups is 2. The molecule has 0 heterocycles. The summed E-state index contributed by atoms with van der Waals surface area (Å²) in [6, 6.07) is 0. The molecule has 16 heavy (non-hydrogen) atoms. The molecule has 0 spiro atoms. The average Bonchev–Trinajstić information content (AvgIpc) is 2.15. The minimum atomic E-state index is -1.19. The standard InChI is InChI=1S/C11H17NO4/c12-11(10(15)16)7-2-1-3-8(11)5-6(4-7)9(13)14/h6-8H,1-5,12H2,(H,13,14)(H,15,16)/t6?,7-,8+,11?. The fourth-order valence-corrected chi connectivity index (χ4v) is 3.38. The molecule has 2 fully saturated rings. The normalized spacial score (nSPS) is 42.7. The molecule has 0 saturated heterocycles. The highest BCUT2D eigenvalue weighted by Gasteiger charge is 2.55. The van der Waals surface area contributed by atoms with E-state index in [4.69, 9.17) is 10.8 Å². The maximum atomic E-state index is 11.3. The number of rotatable bonds is 2. The van der Waals surface area contributed by atoms with E-state index in [-0.39, 0.29) is 11.8 Å². The van der Waals surface area contributed by atoms with Gasteiger partial charge in [0.05, 0.1) is 5.92 Å². The van der Waals surface area contributed by atoms with Gasteiger partial charge < -0.3 is 15.9 Å². The van der Waals surface area contributed by atoms with Crippen LogP contribution in [0.5, 0.6) is 0 Å². The predicted molar refractivity (Wildman–Crippen MR) is 55.7 cm³/mol. The van der Waals surface area contributed by atoms with Crippen molar-refractivity contribution in [3.63, 3.8) is 0 Å². The van der Waals surface area contributed by atoms with Gasteiger partial charge in [-0.15, -0.1) is 0 Å². The van der Waals surface area contributed by atoms with Crippen molar-refractivity contribution in [2.75, 3.05) is 0 Å². The van der Waals surface area contributed by atoms with Crippen LogP contribution in [0.25, 0.3) is 0 Å². The molecule has 4 N–H and O–H groups in total. The topological polar surface area (TPSA) is 101 Å². The SMILES string of the molecule is NC1(C(=O)O)[C@@H]2CCC[C@H]1CC(C(=O)O)C2. The molecule has 0 amide bonds.